The van der Waals surface area contributed by atoms with Crippen LogP contribution in [0.2, 0.25) is 0 Å². The quantitative estimate of drug-likeness (QED) is 0.335. The number of hydrazine groups is 1. The lowest BCUT2D eigenvalue weighted by molar-refractivity contribution is -0.126. The highest BCUT2D eigenvalue weighted by Crippen LogP contribution is 2.28. The maximum atomic E-state index is 11.1. The number of hydrogen-bond donors (Lipinski definition) is 2. The van der Waals surface area contributed by atoms with Gasteiger partial charge in [-0.05, 0) is 18.8 Å². The molecule has 11 heavy (non-hydrogen) atoms. The number of nitrogens with two attached hydrogens (primary N) is 1. The fourth-order valence-corrected chi connectivity index (χ4v) is 1.79. The SMILES string of the molecule is CC1CCCC(C(=O)NN)C1. The van der Waals surface area contributed by atoms with E-state index >= 15 is 0 Å². The smallest absolute Gasteiger partial charge is 0.236 e. The first-order chi connectivity index (χ1) is 5.24. The van der Waals surface area contributed by atoms with Crippen LogP contribution in [0.25, 0.3) is 0 Å². The average molecular weight is 156 g/mol. The summed E-state index contributed by atoms with van der Waals surface area (Å²) >= 11 is 0. The second-order valence-corrected chi connectivity index (χ2v) is 3.48. The van der Waals surface area contributed by atoms with Gasteiger partial charge in [-0.3, -0.25) is 10.2 Å². The topological polar surface area (TPSA) is 55.1 Å². The maximum absolute atomic E-state index is 11.1. The second-order valence-electron chi connectivity index (χ2n) is 3.48. The van der Waals surface area contributed by atoms with Crippen LogP contribution in [0.4, 0.5) is 0 Å². The van der Waals surface area contributed by atoms with Crippen molar-refractivity contribution in [2.75, 3.05) is 0 Å². The monoisotopic (exact) mass is 156 g/mol. The number of carbonyl (C=O) groups is 1. The van der Waals surface area contributed by atoms with Crippen LogP contribution < -0.4 is 11.3 Å². The first-order valence-electron chi connectivity index (χ1n) is 4.24. The number of nitrogens with one attached hydrogen (secondary N) is 1. The van der Waals surface area contributed by atoms with E-state index in [-0.39, 0.29) is 11.8 Å². The summed E-state index contributed by atoms with van der Waals surface area (Å²) in [5.74, 6) is 5.92. The number of amides is 1. The molecule has 3 nitrogen and oxygen atoms in total. The molecule has 1 fully saturated rings. The molecule has 0 aliphatic heterocycles. The fourth-order valence-electron chi connectivity index (χ4n) is 1.79. The van der Waals surface area contributed by atoms with Gasteiger partial charge in [-0.2, -0.15) is 0 Å². The van der Waals surface area contributed by atoms with Gasteiger partial charge >= 0.3 is 0 Å². The van der Waals surface area contributed by atoms with E-state index in [2.05, 4.69) is 12.3 Å². The summed E-state index contributed by atoms with van der Waals surface area (Å²) in [5, 5.41) is 0. The van der Waals surface area contributed by atoms with E-state index in [1.54, 1.807) is 0 Å². The molecular weight excluding hydrogens is 140 g/mol. The summed E-state index contributed by atoms with van der Waals surface area (Å²) in [6.07, 6.45) is 4.43. The Kier molecular flexibility index (Phi) is 2.88. The predicted octanol–water partition coefficient (Wildman–Crippen LogP) is 0.803. The molecule has 0 radical (unpaired) electrons. The summed E-state index contributed by atoms with van der Waals surface area (Å²) in [6, 6.07) is 0. The lowest BCUT2D eigenvalue weighted by Gasteiger charge is -2.24. The van der Waals surface area contributed by atoms with Crippen LogP contribution in [0.15, 0.2) is 0 Å². The second kappa shape index (κ2) is 3.72. The highest BCUT2D eigenvalue weighted by molar-refractivity contribution is 5.77. The first-order valence-corrected chi connectivity index (χ1v) is 4.24. The Morgan fingerprint density at radius 2 is 2.27 bits per heavy atom. The fraction of sp³-hybridized carbons (Fsp3) is 0.875. The van der Waals surface area contributed by atoms with E-state index in [1.807, 2.05) is 0 Å². The molecule has 0 saturated heterocycles. The molecule has 0 spiro atoms. The highest BCUT2D eigenvalue weighted by Gasteiger charge is 2.23. The zero-order valence-corrected chi connectivity index (χ0v) is 6.97. The zero-order chi connectivity index (χ0) is 8.27. The highest BCUT2D eigenvalue weighted by atomic mass is 16.2. The summed E-state index contributed by atoms with van der Waals surface area (Å²) < 4.78 is 0. The van der Waals surface area contributed by atoms with E-state index in [0.29, 0.717) is 5.92 Å². The Morgan fingerprint density at radius 3 is 2.82 bits per heavy atom. The Balaban J connectivity index is 2.39. The molecule has 1 amide bonds. The van der Waals surface area contributed by atoms with Crippen molar-refractivity contribution in [2.24, 2.45) is 17.7 Å². The van der Waals surface area contributed by atoms with Crippen molar-refractivity contribution in [3.63, 3.8) is 0 Å². The normalized spacial score (nSPS) is 31.5. The van der Waals surface area contributed by atoms with Crippen molar-refractivity contribution in [2.45, 2.75) is 32.6 Å². The van der Waals surface area contributed by atoms with Gasteiger partial charge in [-0.1, -0.05) is 19.8 Å². The van der Waals surface area contributed by atoms with Crippen molar-refractivity contribution in [3.05, 3.63) is 0 Å². The van der Waals surface area contributed by atoms with Gasteiger partial charge in [0.15, 0.2) is 0 Å². The van der Waals surface area contributed by atoms with Gasteiger partial charge in [-0.15, -0.1) is 0 Å². The van der Waals surface area contributed by atoms with Crippen LogP contribution >= 0.6 is 0 Å². The van der Waals surface area contributed by atoms with Gasteiger partial charge in [0.05, 0.1) is 0 Å². The molecule has 64 valence electrons. The van der Waals surface area contributed by atoms with Gasteiger partial charge in [0.25, 0.3) is 0 Å². The van der Waals surface area contributed by atoms with Gasteiger partial charge in [0, 0.05) is 5.92 Å². The number of hydrogen-bond acceptors (Lipinski definition) is 2. The molecule has 0 aromatic heterocycles. The van der Waals surface area contributed by atoms with Crippen LogP contribution in [0, 0.1) is 11.8 Å². The van der Waals surface area contributed by atoms with Crippen LogP contribution in [-0.2, 0) is 4.79 Å². The van der Waals surface area contributed by atoms with Crippen molar-refractivity contribution in [1.82, 2.24) is 5.43 Å². The molecule has 1 rings (SSSR count). The Morgan fingerprint density at radius 1 is 1.55 bits per heavy atom. The lowest BCUT2D eigenvalue weighted by atomic mass is 9.82. The third kappa shape index (κ3) is 2.19. The Hall–Kier alpha value is -0.570. The molecule has 0 aromatic carbocycles. The minimum atomic E-state index is 0.0107. The summed E-state index contributed by atoms with van der Waals surface area (Å²) in [5.41, 5.74) is 2.22. The van der Waals surface area contributed by atoms with Crippen LogP contribution in [0.5, 0.6) is 0 Å². The Labute approximate surface area is 67.3 Å². The molecule has 2 unspecified atom stereocenters. The molecule has 3 heteroatoms. The molecular formula is C8H16N2O. The standard InChI is InChI=1S/C8H16N2O/c1-6-3-2-4-7(5-6)8(11)10-9/h6-7H,2-5,9H2,1H3,(H,10,11). The van der Waals surface area contributed by atoms with Crippen molar-refractivity contribution in [1.29, 1.82) is 0 Å². The number of carbonyl (C=O) groups excluding carboxylic acids is 1. The largest absolute Gasteiger partial charge is 0.294 e. The van der Waals surface area contributed by atoms with E-state index < -0.39 is 0 Å². The molecule has 0 heterocycles. The van der Waals surface area contributed by atoms with Crippen molar-refractivity contribution >= 4 is 5.91 Å². The first kappa shape index (κ1) is 8.53. The van der Waals surface area contributed by atoms with Gasteiger partial charge in [0.2, 0.25) is 5.91 Å². The van der Waals surface area contributed by atoms with E-state index in [0.717, 1.165) is 12.8 Å². The third-order valence-electron chi connectivity index (χ3n) is 2.45. The van der Waals surface area contributed by atoms with Gasteiger partial charge in [-0.25, -0.2) is 5.84 Å². The summed E-state index contributed by atoms with van der Waals surface area (Å²) in [7, 11) is 0. The number of rotatable bonds is 1. The molecule has 3 N–H and O–H groups in total. The Bertz CT molecular complexity index is 147. The average Bonchev–Trinajstić information content (AvgIpc) is 2.03. The summed E-state index contributed by atoms with van der Waals surface area (Å²) in [4.78, 5) is 11.1. The molecule has 1 saturated carbocycles. The maximum Gasteiger partial charge on any atom is 0.236 e. The molecule has 0 bridgehead atoms. The molecule has 0 aromatic rings. The van der Waals surface area contributed by atoms with Crippen LogP contribution in [0.3, 0.4) is 0 Å². The minimum absolute atomic E-state index is 0.0107. The van der Waals surface area contributed by atoms with E-state index in [4.69, 9.17) is 5.84 Å². The van der Waals surface area contributed by atoms with E-state index in [9.17, 15) is 4.79 Å². The van der Waals surface area contributed by atoms with Crippen LogP contribution in [0.1, 0.15) is 32.6 Å². The van der Waals surface area contributed by atoms with Crippen molar-refractivity contribution < 1.29 is 4.79 Å². The molecule has 1 aliphatic rings. The molecule has 2 atom stereocenters. The van der Waals surface area contributed by atoms with Gasteiger partial charge in [0.1, 0.15) is 0 Å². The van der Waals surface area contributed by atoms with Gasteiger partial charge < -0.3 is 0 Å². The zero-order valence-electron chi connectivity index (χ0n) is 6.97. The van der Waals surface area contributed by atoms with Crippen molar-refractivity contribution in [3.8, 4) is 0 Å². The molecule has 1 aliphatic carbocycles. The third-order valence-corrected chi connectivity index (χ3v) is 2.45. The van der Waals surface area contributed by atoms with Crippen LogP contribution in [-0.4, -0.2) is 5.91 Å². The predicted molar refractivity (Wildman–Crippen MR) is 43.5 cm³/mol. The minimum Gasteiger partial charge on any atom is -0.294 e. The van der Waals surface area contributed by atoms with E-state index in [1.165, 1.54) is 12.8 Å². The lowest BCUT2D eigenvalue weighted by Crippen LogP contribution is -2.37. The summed E-state index contributed by atoms with van der Waals surface area (Å²) in [6.45, 7) is 2.19.